The van der Waals surface area contributed by atoms with Gasteiger partial charge in [0.1, 0.15) is 17.6 Å². The van der Waals surface area contributed by atoms with E-state index in [9.17, 15) is 14.4 Å². The van der Waals surface area contributed by atoms with E-state index in [-0.39, 0.29) is 29.8 Å². The van der Waals surface area contributed by atoms with Crippen LogP contribution in [0.15, 0.2) is 35.4 Å². The summed E-state index contributed by atoms with van der Waals surface area (Å²) < 4.78 is 1.74. The molecular formula is C23H26N6O3S. The predicted octanol–water partition coefficient (Wildman–Crippen LogP) is 2.30. The number of hydrogen-bond acceptors (Lipinski definition) is 7. The second-order valence-corrected chi connectivity index (χ2v) is 9.77. The Hall–Kier alpha value is -3.27. The first kappa shape index (κ1) is 21.6. The molecule has 2 amide bonds. The van der Waals surface area contributed by atoms with E-state index in [1.165, 1.54) is 22.2 Å². The van der Waals surface area contributed by atoms with Crippen molar-refractivity contribution in [3.63, 3.8) is 0 Å². The average molecular weight is 467 g/mol. The summed E-state index contributed by atoms with van der Waals surface area (Å²) in [5.41, 5.74) is 1.85. The van der Waals surface area contributed by atoms with Gasteiger partial charge in [-0.3, -0.25) is 19.0 Å². The van der Waals surface area contributed by atoms with Gasteiger partial charge in [0, 0.05) is 30.7 Å². The lowest BCUT2D eigenvalue weighted by molar-refractivity contribution is -0.125. The highest BCUT2D eigenvalue weighted by molar-refractivity contribution is 7.22. The largest absolute Gasteiger partial charge is 0.353 e. The number of aryl methyl sites for hydroxylation is 1. The SMILES string of the molecule is Cc1cccc(NC(=O)Cn2cnc3nc(N4CCC(C(=O)NC5CC5)CC4)sc3c2=O)c1. The molecule has 5 rings (SSSR count). The van der Waals surface area contributed by atoms with E-state index in [4.69, 9.17) is 0 Å². The van der Waals surface area contributed by atoms with Gasteiger partial charge in [-0.1, -0.05) is 23.5 Å². The second-order valence-electron chi connectivity index (χ2n) is 8.79. The summed E-state index contributed by atoms with van der Waals surface area (Å²) in [5.74, 6) is -0.0893. The molecule has 2 N–H and O–H groups in total. The number of aromatic nitrogens is 3. The number of hydrogen-bond donors (Lipinski definition) is 2. The average Bonchev–Trinajstić information content (AvgIpc) is 3.50. The van der Waals surface area contributed by atoms with Gasteiger partial charge < -0.3 is 15.5 Å². The van der Waals surface area contributed by atoms with Gasteiger partial charge in [-0.2, -0.15) is 4.98 Å². The molecule has 0 bridgehead atoms. The van der Waals surface area contributed by atoms with E-state index in [0.29, 0.717) is 22.1 Å². The Bertz CT molecular complexity index is 1260. The predicted molar refractivity (Wildman–Crippen MR) is 128 cm³/mol. The first-order chi connectivity index (χ1) is 16.0. The molecule has 3 heterocycles. The van der Waals surface area contributed by atoms with Crippen LogP contribution in [0.2, 0.25) is 0 Å². The lowest BCUT2D eigenvalue weighted by Crippen LogP contribution is -2.41. The number of thiazole rings is 1. The van der Waals surface area contributed by atoms with Crippen LogP contribution in [0.1, 0.15) is 31.2 Å². The zero-order valence-corrected chi connectivity index (χ0v) is 19.2. The molecule has 1 saturated carbocycles. The number of nitrogens with zero attached hydrogens (tertiary/aromatic N) is 4. The smallest absolute Gasteiger partial charge is 0.273 e. The first-order valence-corrected chi connectivity index (χ1v) is 12.1. The zero-order valence-electron chi connectivity index (χ0n) is 18.4. The molecule has 2 fully saturated rings. The maximum atomic E-state index is 13.0. The molecule has 10 heteroatoms. The Morgan fingerprint density at radius 3 is 2.70 bits per heavy atom. The van der Waals surface area contributed by atoms with E-state index >= 15 is 0 Å². The van der Waals surface area contributed by atoms with Gasteiger partial charge >= 0.3 is 0 Å². The molecule has 3 aromatic rings. The van der Waals surface area contributed by atoms with E-state index in [2.05, 4.69) is 25.5 Å². The van der Waals surface area contributed by atoms with E-state index in [1.807, 2.05) is 31.2 Å². The van der Waals surface area contributed by atoms with Crippen molar-refractivity contribution in [2.24, 2.45) is 5.92 Å². The highest BCUT2D eigenvalue weighted by Crippen LogP contribution is 2.30. The van der Waals surface area contributed by atoms with Crippen LogP contribution in [0.5, 0.6) is 0 Å². The Morgan fingerprint density at radius 2 is 1.97 bits per heavy atom. The molecule has 1 aliphatic carbocycles. The van der Waals surface area contributed by atoms with Crippen LogP contribution < -0.4 is 21.1 Å². The second kappa shape index (κ2) is 8.93. The van der Waals surface area contributed by atoms with Crippen LogP contribution in [-0.4, -0.2) is 45.5 Å². The number of piperidine rings is 1. The summed E-state index contributed by atoms with van der Waals surface area (Å²) in [7, 11) is 0. The first-order valence-electron chi connectivity index (χ1n) is 11.2. The monoisotopic (exact) mass is 466 g/mol. The standard InChI is InChI=1S/C23H26N6O3S/c1-14-3-2-4-17(11-14)25-18(30)12-29-13-24-20-19(22(29)32)33-23(27-20)28-9-7-15(8-10-28)21(31)26-16-5-6-16/h2-4,11,13,15-16H,5-10,12H2,1H3,(H,25,30)(H,26,31). The number of benzene rings is 1. The molecular weight excluding hydrogens is 440 g/mol. The molecule has 172 valence electrons. The van der Waals surface area contributed by atoms with Gasteiger partial charge in [0.05, 0.1) is 0 Å². The summed E-state index contributed by atoms with van der Waals surface area (Å²) in [6.45, 7) is 3.26. The summed E-state index contributed by atoms with van der Waals surface area (Å²) in [6, 6.07) is 7.88. The van der Waals surface area contributed by atoms with Crippen LogP contribution in [0, 0.1) is 12.8 Å². The number of carbonyl (C=O) groups excluding carboxylic acids is 2. The van der Waals surface area contributed by atoms with Crippen LogP contribution in [-0.2, 0) is 16.1 Å². The molecule has 0 spiro atoms. The van der Waals surface area contributed by atoms with Crippen LogP contribution >= 0.6 is 11.3 Å². The van der Waals surface area contributed by atoms with Crippen LogP contribution in [0.3, 0.4) is 0 Å². The maximum Gasteiger partial charge on any atom is 0.273 e. The van der Waals surface area contributed by atoms with Gasteiger partial charge in [-0.25, -0.2) is 4.98 Å². The Morgan fingerprint density at radius 1 is 1.18 bits per heavy atom. The number of nitrogens with one attached hydrogen (secondary N) is 2. The van der Waals surface area contributed by atoms with E-state index < -0.39 is 0 Å². The minimum absolute atomic E-state index is 0.0403. The molecule has 33 heavy (non-hydrogen) atoms. The quantitative estimate of drug-likeness (QED) is 0.577. The third-order valence-electron chi connectivity index (χ3n) is 6.05. The molecule has 9 nitrogen and oxygen atoms in total. The molecule has 1 saturated heterocycles. The summed E-state index contributed by atoms with van der Waals surface area (Å²) in [5, 5.41) is 6.64. The third kappa shape index (κ3) is 4.90. The normalized spacial score (nSPS) is 16.7. The Balaban J connectivity index is 1.25. The van der Waals surface area contributed by atoms with Crippen molar-refractivity contribution in [1.29, 1.82) is 0 Å². The van der Waals surface area contributed by atoms with Crippen molar-refractivity contribution in [2.45, 2.75) is 45.2 Å². The highest BCUT2D eigenvalue weighted by Gasteiger charge is 2.30. The van der Waals surface area contributed by atoms with Gasteiger partial charge in [0.15, 0.2) is 10.8 Å². The van der Waals surface area contributed by atoms with E-state index in [0.717, 1.165) is 49.5 Å². The molecule has 0 radical (unpaired) electrons. The lowest BCUT2D eigenvalue weighted by atomic mass is 9.96. The fourth-order valence-electron chi connectivity index (χ4n) is 4.04. The molecule has 1 aromatic carbocycles. The van der Waals surface area contributed by atoms with Crippen LogP contribution in [0.4, 0.5) is 10.8 Å². The molecule has 2 aliphatic rings. The molecule has 1 aliphatic heterocycles. The zero-order chi connectivity index (χ0) is 22.9. The number of amides is 2. The minimum atomic E-state index is -0.292. The highest BCUT2D eigenvalue weighted by atomic mass is 32.1. The minimum Gasteiger partial charge on any atom is -0.353 e. The Kier molecular flexibility index (Phi) is 5.84. The van der Waals surface area contributed by atoms with Crippen molar-refractivity contribution in [3.8, 4) is 0 Å². The lowest BCUT2D eigenvalue weighted by Gasteiger charge is -2.30. The summed E-state index contributed by atoms with van der Waals surface area (Å²) in [4.78, 5) is 48.7. The van der Waals surface area contributed by atoms with Gasteiger partial charge in [0.25, 0.3) is 5.56 Å². The van der Waals surface area contributed by atoms with Crippen molar-refractivity contribution in [2.75, 3.05) is 23.3 Å². The van der Waals surface area contributed by atoms with Crippen molar-refractivity contribution in [1.82, 2.24) is 19.9 Å². The van der Waals surface area contributed by atoms with Crippen molar-refractivity contribution in [3.05, 3.63) is 46.5 Å². The van der Waals surface area contributed by atoms with Crippen molar-refractivity contribution >= 4 is 44.3 Å². The number of rotatable bonds is 6. The number of fused-ring (bicyclic) bond motifs is 1. The number of carbonyl (C=O) groups is 2. The fourth-order valence-corrected chi connectivity index (χ4v) is 5.06. The van der Waals surface area contributed by atoms with Gasteiger partial charge in [-0.15, -0.1) is 0 Å². The summed E-state index contributed by atoms with van der Waals surface area (Å²) >= 11 is 1.29. The maximum absolute atomic E-state index is 13.0. The van der Waals surface area contributed by atoms with Crippen molar-refractivity contribution < 1.29 is 9.59 Å². The molecule has 0 atom stereocenters. The molecule has 0 unspecified atom stereocenters. The van der Waals surface area contributed by atoms with Crippen LogP contribution in [0.25, 0.3) is 10.3 Å². The summed E-state index contributed by atoms with van der Waals surface area (Å²) in [6.07, 6.45) is 5.10. The Labute approximate surface area is 194 Å². The van der Waals surface area contributed by atoms with E-state index in [1.54, 1.807) is 0 Å². The van der Waals surface area contributed by atoms with Gasteiger partial charge in [0.2, 0.25) is 11.8 Å². The molecule has 2 aromatic heterocycles. The fraction of sp³-hybridized carbons (Fsp3) is 0.435. The topological polar surface area (TPSA) is 109 Å². The third-order valence-corrected chi connectivity index (χ3v) is 7.14. The van der Waals surface area contributed by atoms with Gasteiger partial charge in [-0.05, 0) is 50.3 Å². The number of anilines is 2.